The van der Waals surface area contributed by atoms with Crippen LogP contribution in [-0.2, 0) is 22.4 Å². The molecule has 0 saturated carbocycles. The molecule has 3 aromatic rings. The van der Waals surface area contributed by atoms with Gasteiger partial charge in [0.2, 0.25) is 10.0 Å². The Morgan fingerprint density at radius 3 is 2.00 bits per heavy atom. The molecule has 5 nitrogen and oxygen atoms in total. The number of carbonyl (C=O) groups excluding carboxylic acids is 1. The largest absolute Gasteiger partial charge is 0.416 e. The van der Waals surface area contributed by atoms with Crippen LogP contribution >= 0.6 is 11.3 Å². The van der Waals surface area contributed by atoms with Crippen LogP contribution in [0.1, 0.15) is 20.8 Å². The van der Waals surface area contributed by atoms with E-state index in [2.05, 4.69) is 5.32 Å². The summed E-state index contributed by atoms with van der Waals surface area (Å²) in [5.74, 6) is -0.906. The minimum atomic E-state index is -5.04. The van der Waals surface area contributed by atoms with Crippen LogP contribution in [0, 0.1) is 0 Å². The number of hydrogen-bond donors (Lipinski definition) is 1. The Labute approximate surface area is 182 Å². The van der Waals surface area contributed by atoms with Gasteiger partial charge in [-0.3, -0.25) is 9.10 Å². The first-order chi connectivity index (χ1) is 14.6. The Hall–Kier alpha value is -2.80. The van der Waals surface area contributed by atoms with Gasteiger partial charge in [0.15, 0.2) is 0 Å². The lowest BCUT2D eigenvalue weighted by atomic mass is 10.1. The van der Waals surface area contributed by atoms with Crippen molar-refractivity contribution >= 4 is 48.7 Å². The van der Waals surface area contributed by atoms with Gasteiger partial charge in [0.05, 0.1) is 27.9 Å². The molecule has 2 aromatic carbocycles. The van der Waals surface area contributed by atoms with Crippen molar-refractivity contribution < 1.29 is 39.6 Å². The van der Waals surface area contributed by atoms with Crippen molar-refractivity contribution in [2.75, 3.05) is 22.9 Å². The summed E-state index contributed by atoms with van der Waals surface area (Å²) in [4.78, 5) is 12.5. The molecule has 0 radical (unpaired) electrons. The quantitative estimate of drug-likeness (QED) is 0.479. The van der Waals surface area contributed by atoms with Gasteiger partial charge in [-0.2, -0.15) is 26.3 Å². The molecule has 1 heterocycles. The van der Waals surface area contributed by atoms with Crippen LogP contribution < -0.4 is 9.62 Å². The second-order valence-corrected chi connectivity index (χ2v) is 9.91. The van der Waals surface area contributed by atoms with Gasteiger partial charge >= 0.3 is 12.4 Å². The number of rotatable bonds is 4. The molecule has 1 aromatic heterocycles. The van der Waals surface area contributed by atoms with Crippen molar-refractivity contribution in [2.45, 2.75) is 12.4 Å². The normalized spacial score (nSPS) is 12.8. The first kappa shape index (κ1) is 23.9. The molecular weight excluding hydrogens is 482 g/mol. The molecule has 0 atom stereocenters. The third kappa shape index (κ3) is 5.15. The van der Waals surface area contributed by atoms with Crippen molar-refractivity contribution in [3.63, 3.8) is 0 Å². The molecule has 0 unspecified atom stereocenters. The number of fused-ring (bicyclic) bond motifs is 1. The molecule has 0 spiro atoms. The van der Waals surface area contributed by atoms with E-state index in [4.69, 9.17) is 0 Å². The van der Waals surface area contributed by atoms with Crippen molar-refractivity contribution in [3.05, 3.63) is 58.5 Å². The SMILES string of the molecule is CN(c1ccc2sc(C(=O)Nc3cc(C(F)(F)F)cc(C(F)(F)F)c3)cc2c1)S(C)(=O)=O. The summed E-state index contributed by atoms with van der Waals surface area (Å²) >= 11 is 0.948. The predicted octanol–water partition coefficient (Wildman–Crippen LogP) is 5.59. The zero-order chi connectivity index (χ0) is 24.1. The number of amides is 1. The minimum Gasteiger partial charge on any atom is -0.321 e. The van der Waals surface area contributed by atoms with Crippen LogP contribution in [0.5, 0.6) is 0 Å². The van der Waals surface area contributed by atoms with Crippen LogP contribution in [0.3, 0.4) is 0 Å². The Morgan fingerprint density at radius 1 is 0.938 bits per heavy atom. The van der Waals surface area contributed by atoms with E-state index in [1.807, 2.05) is 0 Å². The predicted molar refractivity (Wildman–Crippen MR) is 109 cm³/mol. The number of thiophene rings is 1. The Kier molecular flexibility index (Phi) is 5.93. The topological polar surface area (TPSA) is 66.5 Å². The molecule has 1 amide bonds. The molecule has 172 valence electrons. The average molecular weight is 496 g/mol. The van der Waals surface area contributed by atoms with Gasteiger partial charge in [0.1, 0.15) is 0 Å². The summed E-state index contributed by atoms with van der Waals surface area (Å²) in [6.07, 6.45) is -9.07. The highest BCUT2D eigenvalue weighted by atomic mass is 32.2. The Morgan fingerprint density at radius 2 is 1.50 bits per heavy atom. The summed E-state index contributed by atoms with van der Waals surface area (Å²) in [6, 6.07) is 6.72. The minimum absolute atomic E-state index is 0.0186. The summed E-state index contributed by atoms with van der Waals surface area (Å²) in [6.45, 7) is 0. The van der Waals surface area contributed by atoms with E-state index in [1.54, 1.807) is 6.07 Å². The number of sulfonamides is 1. The molecule has 0 bridgehead atoms. The van der Waals surface area contributed by atoms with Gasteiger partial charge in [-0.1, -0.05) is 0 Å². The van der Waals surface area contributed by atoms with E-state index in [0.717, 1.165) is 21.9 Å². The van der Waals surface area contributed by atoms with Crippen LogP contribution in [0.15, 0.2) is 42.5 Å². The lowest BCUT2D eigenvalue weighted by Crippen LogP contribution is -2.24. The van der Waals surface area contributed by atoms with Crippen molar-refractivity contribution in [2.24, 2.45) is 0 Å². The molecule has 13 heteroatoms. The fraction of sp³-hybridized carbons (Fsp3) is 0.211. The fourth-order valence-electron chi connectivity index (χ4n) is 2.75. The van der Waals surface area contributed by atoms with Crippen LogP contribution in [0.25, 0.3) is 10.1 Å². The first-order valence-corrected chi connectivity index (χ1v) is 11.3. The number of hydrogen-bond acceptors (Lipinski definition) is 4. The summed E-state index contributed by atoms with van der Waals surface area (Å²) in [5, 5.41) is 2.55. The van der Waals surface area contributed by atoms with E-state index in [0.29, 0.717) is 27.9 Å². The monoisotopic (exact) mass is 496 g/mol. The Bertz CT molecular complexity index is 1260. The number of halogens is 6. The second kappa shape index (κ2) is 7.96. The number of nitrogens with zero attached hydrogens (tertiary/aromatic N) is 1. The third-order valence-electron chi connectivity index (χ3n) is 4.43. The van der Waals surface area contributed by atoms with E-state index in [-0.39, 0.29) is 10.9 Å². The zero-order valence-electron chi connectivity index (χ0n) is 16.3. The highest BCUT2D eigenvalue weighted by molar-refractivity contribution is 7.92. The van der Waals surface area contributed by atoms with Gasteiger partial charge < -0.3 is 5.32 Å². The van der Waals surface area contributed by atoms with Gasteiger partial charge in [-0.15, -0.1) is 11.3 Å². The van der Waals surface area contributed by atoms with Gasteiger partial charge in [-0.25, -0.2) is 8.42 Å². The Balaban J connectivity index is 1.95. The van der Waals surface area contributed by atoms with Gasteiger partial charge in [-0.05, 0) is 47.9 Å². The van der Waals surface area contributed by atoms with Crippen LogP contribution in [0.2, 0.25) is 0 Å². The molecule has 0 aliphatic rings. The summed E-state index contributed by atoms with van der Waals surface area (Å²) in [7, 11) is -2.20. The molecule has 0 aliphatic heterocycles. The van der Waals surface area contributed by atoms with E-state index in [1.165, 1.54) is 25.2 Å². The molecule has 3 rings (SSSR count). The molecule has 0 fully saturated rings. The van der Waals surface area contributed by atoms with Gasteiger partial charge in [0.25, 0.3) is 5.91 Å². The number of nitrogens with one attached hydrogen (secondary N) is 1. The molecular formula is C19H14F6N2O3S2. The lowest BCUT2D eigenvalue weighted by molar-refractivity contribution is -0.143. The zero-order valence-corrected chi connectivity index (χ0v) is 17.9. The maximum atomic E-state index is 13.0. The summed E-state index contributed by atoms with van der Waals surface area (Å²) < 4.78 is 103. The van der Waals surface area contributed by atoms with E-state index in [9.17, 15) is 39.6 Å². The van der Waals surface area contributed by atoms with E-state index < -0.39 is 45.1 Å². The first-order valence-electron chi connectivity index (χ1n) is 8.64. The molecule has 1 N–H and O–H groups in total. The highest BCUT2D eigenvalue weighted by Gasteiger charge is 2.37. The van der Waals surface area contributed by atoms with Crippen LogP contribution in [-0.4, -0.2) is 27.6 Å². The van der Waals surface area contributed by atoms with Crippen molar-refractivity contribution in [1.82, 2.24) is 0 Å². The maximum Gasteiger partial charge on any atom is 0.416 e. The average Bonchev–Trinajstić information content (AvgIpc) is 3.08. The highest BCUT2D eigenvalue weighted by Crippen LogP contribution is 2.38. The summed E-state index contributed by atoms with van der Waals surface area (Å²) in [5.41, 5.74) is -3.44. The number of benzene rings is 2. The van der Waals surface area contributed by atoms with Crippen LogP contribution in [0.4, 0.5) is 37.7 Å². The van der Waals surface area contributed by atoms with Crippen molar-refractivity contribution in [3.8, 4) is 0 Å². The number of carbonyl (C=O) groups is 1. The smallest absolute Gasteiger partial charge is 0.321 e. The second-order valence-electron chi connectivity index (χ2n) is 6.81. The maximum absolute atomic E-state index is 13.0. The van der Waals surface area contributed by atoms with E-state index >= 15 is 0 Å². The molecule has 0 aliphatic carbocycles. The molecule has 32 heavy (non-hydrogen) atoms. The molecule has 0 saturated heterocycles. The third-order valence-corrected chi connectivity index (χ3v) is 6.75. The fourth-order valence-corrected chi connectivity index (χ4v) is 4.18. The number of anilines is 2. The standard InChI is InChI=1S/C19H14F6N2O3S2/c1-27(32(2,29)30)14-3-4-15-10(5-14)6-16(31-15)17(28)26-13-8-11(18(20,21)22)7-12(9-13)19(23,24)25/h3-9H,1-2H3,(H,26,28). The van der Waals surface area contributed by atoms with Crippen molar-refractivity contribution in [1.29, 1.82) is 0 Å². The van der Waals surface area contributed by atoms with Gasteiger partial charge in [0, 0.05) is 17.4 Å². The lowest BCUT2D eigenvalue weighted by Gasteiger charge is -2.16. The number of alkyl halides is 6.